The molecule has 192 valence electrons. The van der Waals surface area contributed by atoms with Crippen LogP contribution in [0.5, 0.6) is 0 Å². The number of aromatic amines is 2. The molecule has 0 saturated heterocycles. The van der Waals surface area contributed by atoms with Crippen LogP contribution in [0.2, 0.25) is 0 Å². The number of hydrogen-bond donors (Lipinski definition) is 3. The first-order valence-electron chi connectivity index (χ1n) is 12.8. The fourth-order valence-corrected chi connectivity index (χ4v) is 5.32. The van der Waals surface area contributed by atoms with Gasteiger partial charge in [0.1, 0.15) is 17.0 Å². The Labute approximate surface area is 222 Å². The van der Waals surface area contributed by atoms with E-state index in [2.05, 4.69) is 35.5 Å². The normalized spacial score (nSPS) is 13.9. The SMILES string of the molecule is O=C(Nc1cncc(-c2ccc3[nH]nc(-c4nc5c(-c6cccnc6)nccc5[nH]4)c3c2F)c1)C1CCCC1. The van der Waals surface area contributed by atoms with Crippen molar-refractivity contribution >= 4 is 33.5 Å². The predicted octanol–water partition coefficient (Wildman–Crippen LogP) is 5.89. The number of carbonyl (C=O) groups is 1. The Morgan fingerprint density at radius 3 is 2.67 bits per heavy atom. The Bertz CT molecular complexity index is 1840. The Morgan fingerprint density at radius 1 is 0.949 bits per heavy atom. The number of fused-ring (bicyclic) bond motifs is 2. The number of imidazole rings is 1. The van der Waals surface area contributed by atoms with E-state index in [1.54, 1.807) is 49.2 Å². The van der Waals surface area contributed by atoms with Crippen molar-refractivity contribution in [1.29, 1.82) is 0 Å². The molecule has 0 radical (unpaired) electrons. The number of H-pyrrole nitrogens is 2. The minimum Gasteiger partial charge on any atom is -0.336 e. The highest BCUT2D eigenvalue weighted by molar-refractivity contribution is 5.98. The molecule has 1 aliphatic rings. The summed E-state index contributed by atoms with van der Waals surface area (Å²) in [4.78, 5) is 33.6. The van der Waals surface area contributed by atoms with Gasteiger partial charge in [0, 0.05) is 47.4 Å². The average Bonchev–Trinajstić information content (AvgIpc) is 3.73. The van der Waals surface area contributed by atoms with Crippen LogP contribution in [0.4, 0.5) is 10.1 Å². The molecule has 1 saturated carbocycles. The van der Waals surface area contributed by atoms with E-state index in [0.717, 1.165) is 36.8 Å². The maximum atomic E-state index is 16.1. The number of hydrogen-bond acceptors (Lipinski definition) is 6. The van der Waals surface area contributed by atoms with Crippen molar-refractivity contribution < 1.29 is 9.18 Å². The van der Waals surface area contributed by atoms with Crippen molar-refractivity contribution in [3.63, 3.8) is 0 Å². The molecule has 39 heavy (non-hydrogen) atoms. The van der Waals surface area contributed by atoms with Crippen molar-refractivity contribution in [2.75, 3.05) is 5.32 Å². The number of carbonyl (C=O) groups excluding carboxylic acids is 1. The van der Waals surface area contributed by atoms with Crippen LogP contribution in [0.1, 0.15) is 25.7 Å². The number of pyridine rings is 3. The van der Waals surface area contributed by atoms with E-state index >= 15 is 4.39 Å². The fourth-order valence-electron chi connectivity index (χ4n) is 5.32. The highest BCUT2D eigenvalue weighted by atomic mass is 19.1. The number of anilines is 1. The van der Waals surface area contributed by atoms with Crippen LogP contribution in [0.3, 0.4) is 0 Å². The maximum absolute atomic E-state index is 16.1. The lowest BCUT2D eigenvalue weighted by molar-refractivity contribution is -0.119. The first kappa shape index (κ1) is 23.2. The van der Waals surface area contributed by atoms with E-state index in [1.165, 1.54) is 0 Å². The zero-order valence-electron chi connectivity index (χ0n) is 20.8. The largest absolute Gasteiger partial charge is 0.336 e. The second-order valence-corrected chi connectivity index (χ2v) is 9.74. The number of rotatable bonds is 5. The lowest BCUT2D eigenvalue weighted by Crippen LogP contribution is -2.20. The third-order valence-corrected chi connectivity index (χ3v) is 7.27. The van der Waals surface area contributed by atoms with Crippen molar-refractivity contribution in [3.8, 4) is 33.9 Å². The van der Waals surface area contributed by atoms with Gasteiger partial charge in [-0.3, -0.25) is 24.8 Å². The quantitative estimate of drug-likeness (QED) is 0.261. The summed E-state index contributed by atoms with van der Waals surface area (Å²) >= 11 is 0. The standard InChI is InChI=1S/C29H23FN8O/c30-24-20(18-12-19(15-32-14-18)34-29(39)16-4-1-2-5-16)7-8-21-23(24)27(38-37-21)28-35-22-9-11-33-25(26(22)36-28)17-6-3-10-31-13-17/h3,6-16H,1-2,4-5H2,(H,34,39)(H,35,36)(H,37,38). The van der Waals surface area contributed by atoms with Gasteiger partial charge in [-0.15, -0.1) is 0 Å². The summed E-state index contributed by atoms with van der Waals surface area (Å²) in [6.45, 7) is 0. The molecule has 0 atom stereocenters. The van der Waals surface area contributed by atoms with E-state index in [0.29, 0.717) is 50.4 Å². The molecular formula is C29H23FN8O. The van der Waals surface area contributed by atoms with E-state index in [1.807, 2.05) is 18.2 Å². The smallest absolute Gasteiger partial charge is 0.227 e. The summed E-state index contributed by atoms with van der Waals surface area (Å²) in [7, 11) is 0. The maximum Gasteiger partial charge on any atom is 0.227 e. The van der Waals surface area contributed by atoms with Gasteiger partial charge in [0.05, 0.1) is 34.0 Å². The summed E-state index contributed by atoms with van der Waals surface area (Å²) in [5.74, 6) is -0.0260. The van der Waals surface area contributed by atoms with Crippen molar-refractivity contribution in [2.45, 2.75) is 25.7 Å². The van der Waals surface area contributed by atoms with Gasteiger partial charge in [-0.05, 0) is 49.2 Å². The minimum atomic E-state index is -0.455. The molecule has 1 amide bonds. The molecule has 6 aromatic rings. The zero-order chi connectivity index (χ0) is 26.3. The van der Waals surface area contributed by atoms with Crippen LogP contribution in [0.15, 0.2) is 67.4 Å². The number of nitrogens with zero attached hydrogens (tertiary/aromatic N) is 5. The third kappa shape index (κ3) is 4.10. The Balaban J connectivity index is 1.28. The van der Waals surface area contributed by atoms with Gasteiger partial charge in [0.25, 0.3) is 0 Å². The number of aromatic nitrogens is 7. The highest BCUT2D eigenvalue weighted by Gasteiger charge is 2.24. The van der Waals surface area contributed by atoms with Crippen LogP contribution in [-0.2, 0) is 4.79 Å². The summed E-state index contributed by atoms with van der Waals surface area (Å²) < 4.78 is 16.1. The summed E-state index contributed by atoms with van der Waals surface area (Å²) in [6, 6.07) is 10.8. The van der Waals surface area contributed by atoms with Crippen LogP contribution in [0.25, 0.3) is 55.8 Å². The van der Waals surface area contributed by atoms with Crippen LogP contribution in [0, 0.1) is 11.7 Å². The lowest BCUT2D eigenvalue weighted by atomic mass is 10.0. The van der Waals surface area contributed by atoms with Gasteiger partial charge in [-0.1, -0.05) is 12.8 Å². The van der Waals surface area contributed by atoms with E-state index in [9.17, 15) is 4.79 Å². The lowest BCUT2D eigenvalue weighted by Gasteiger charge is -2.11. The number of amides is 1. The van der Waals surface area contributed by atoms with E-state index in [4.69, 9.17) is 4.98 Å². The minimum absolute atomic E-state index is 0.00970. The molecule has 0 bridgehead atoms. The predicted molar refractivity (Wildman–Crippen MR) is 146 cm³/mol. The molecule has 0 unspecified atom stereocenters. The molecule has 1 aromatic carbocycles. The first-order valence-corrected chi connectivity index (χ1v) is 12.8. The first-order chi connectivity index (χ1) is 19.2. The monoisotopic (exact) mass is 518 g/mol. The summed E-state index contributed by atoms with van der Waals surface area (Å²) in [5.41, 5.74) is 5.24. The van der Waals surface area contributed by atoms with E-state index < -0.39 is 5.82 Å². The molecule has 1 fully saturated rings. The second kappa shape index (κ2) is 9.39. The van der Waals surface area contributed by atoms with Gasteiger partial charge in [-0.25, -0.2) is 9.37 Å². The zero-order valence-corrected chi connectivity index (χ0v) is 20.8. The Hall–Kier alpha value is -4.99. The van der Waals surface area contributed by atoms with Gasteiger partial charge in [0.2, 0.25) is 5.91 Å². The number of benzene rings is 1. The molecule has 3 N–H and O–H groups in total. The molecular weight excluding hydrogens is 495 g/mol. The Kier molecular flexibility index (Phi) is 5.58. The van der Waals surface area contributed by atoms with Crippen LogP contribution in [-0.4, -0.2) is 41.0 Å². The van der Waals surface area contributed by atoms with Gasteiger partial charge in [-0.2, -0.15) is 5.10 Å². The molecule has 10 heteroatoms. The average molecular weight is 519 g/mol. The highest BCUT2D eigenvalue weighted by Crippen LogP contribution is 2.35. The molecule has 5 aromatic heterocycles. The summed E-state index contributed by atoms with van der Waals surface area (Å²) in [5, 5.41) is 10.6. The topological polar surface area (TPSA) is 125 Å². The van der Waals surface area contributed by atoms with Crippen molar-refractivity contribution in [3.05, 3.63) is 73.2 Å². The van der Waals surface area contributed by atoms with Gasteiger partial charge >= 0.3 is 0 Å². The van der Waals surface area contributed by atoms with Gasteiger partial charge in [0.15, 0.2) is 5.82 Å². The third-order valence-electron chi connectivity index (χ3n) is 7.27. The molecule has 1 aliphatic carbocycles. The molecule has 0 spiro atoms. The Morgan fingerprint density at radius 2 is 1.82 bits per heavy atom. The molecule has 0 aliphatic heterocycles. The van der Waals surface area contributed by atoms with Crippen LogP contribution < -0.4 is 5.32 Å². The fraction of sp³-hybridized carbons (Fsp3) is 0.172. The second-order valence-electron chi connectivity index (χ2n) is 9.74. The molecule has 5 heterocycles. The molecule has 9 nitrogen and oxygen atoms in total. The molecule has 7 rings (SSSR count). The van der Waals surface area contributed by atoms with E-state index in [-0.39, 0.29) is 11.8 Å². The van der Waals surface area contributed by atoms with Crippen molar-refractivity contribution in [2.24, 2.45) is 5.92 Å². The number of halogens is 1. The van der Waals surface area contributed by atoms with Crippen LogP contribution >= 0.6 is 0 Å². The van der Waals surface area contributed by atoms with Crippen molar-refractivity contribution in [1.82, 2.24) is 35.1 Å². The number of nitrogens with one attached hydrogen (secondary N) is 3. The van der Waals surface area contributed by atoms with Gasteiger partial charge < -0.3 is 10.3 Å². The summed E-state index contributed by atoms with van der Waals surface area (Å²) in [6.07, 6.45) is 12.2.